The highest BCUT2D eigenvalue weighted by Crippen LogP contribution is 2.34. The number of hydrogen-bond donors (Lipinski definition) is 0. The van der Waals surface area contributed by atoms with Gasteiger partial charge in [-0.2, -0.15) is 0 Å². The maximum atomic E-state index is 13.7. The van der Waals surface area contributed by atoms with Crippen LogP contribution in [0.1, 0.15) is 48.0 Å². The first-order valence-corrected chi connectivity index (χ1v) is 13.0. The van der Waals surface area contributed by atoms with Crippen LogP contribution < -0.4 is 9.47 Å². The molecule has 0 aromatic heterocycles. The first-order chi connectivity index (χ1) is 17.9. The Morgan fingerprint density at radius 1 is 0.892 bits per heavy atom. The quantitative estimate of drug-likeness (QED) is 0.530. The lowest BCUT2D eigenvalue weighted by molar-refractivity contribution is -0.152. The molecule has 37 heavy (non-hydrogen) atoms. The second-order valence-electron chi connectivity index (χ2n) is 9.70. The van der Waals surface area contributed by atoms with Gasteiger partial charge in [-0.25, -0.2) is 0 Å². The van der Waals surface area contributed by atoms with Crippen LogP contribution in [-0.2, 0) is 14.3 Å². The van der Waals surface area contributed by atoms with E-state index in [1.54, 1.807) is 42.0 Å². The van der Waals surface area contributed by atoms with E-state index >= 15 is 0 Å². The number of piperidine rings is 2. The van der Waals surface area contributed by atoms with Crippen LogP contribution in [0.2, 0.25) is 0 Å². The summed E-state index contributed by atoms with van der Waals surface area (Å²) in [6.45, 7) is 3.96. The molecular weight excluding hydrogens is 472 g/mol. The van der Waals surface area contributed by atoms with Crippen molar-refractivity contribution in [2.45, 2.75) is 32.1 Å². The van der Waals surface area contributed by atoms with Gasteiger partial charge in [0.05, 0.1) is 32.7 Å². The molecule has 0 aliphatic carbocycles. The van der Waals surface area contributed by atoms with Crippen molar-refractivity contribution >= 4 is 17.8 Å². The molecule has 2 aromatic carbocycles. The van der Waals surface area contributed by atoms with Gasteiger partial charge in [-0.3, -0.25) is 14.4 Å². The third kappa shape index (κ3) is 6.06. The lowest BCUT2D eigenvalue weighted by atomic mass is 9.83. The molecule has 198 valence electrons. The monoisotopic (exact) mass is 508 g/mol. The predicted octanol–water partition coefficient (Wildman–Crippen LogP) is 3.75. The molecule has 0 N–H and O–H groups in total. The molecule has 2 aromatic rings. The normalized spacial score (nSPS) is 21.8. The van der Waals surface area contributed by atoms with Gasteiger partial charge < -0.3 is 24.0 Å². The number of esters is 1. The number of nitrogens with zero attached hydrogens (tertiary/aromatic N) is 2. The predicted molar refractivity (Wildman–Crippen MR) is 139 cm³/mol. The van der Waals surface area contributed by atoms with Gasteiger partial charge in [0.2, 0.25) is 5.91 Å². The van der Waals surface area contributed by atoms with Crippen LogP contribution in [0, 0.1) is 11.8 Å². The minimum absolute atomic E-state index is 0.000240. The Balaban J connectivity index is 1.57. The van der Waals surface area contributed by atoms with Crippen molar-refractivity contribution in [1.29, 1.82) is 0 Å². The van der Waals surface area contributed by atoms with Gasteiger partial charge in [0.25, 0.3) is 5.91 Å². The van der Waals surface area contributed by atoms with Gasteiger partial charge in [0.1, 0.15) is 0 Å². The standard InChI is InChI=1S/C29H36N2O6/c1-4-37-29(34)22-11-8-14-30(17-22)28(33)24-15-23(20-9-6-5-7-10-20)18-31(19-24)27(32)21-12-13-25(35-2)26(16-21)36-3/h5-7,9-10,12-13,16,22-24H,4,8,11,14-15,17-19H2,1-3H3/t22-,23+,24-/m1/s1. The average molecular weight is 509 g/mol. The van der Waals surface area contributed by atoms with Gasteiger partial charge in [-0.15, -0.1) is 0 Å². The van der Waals surface area contributed by atoms with E-state index in [0.29, 0.717) is 56.3 Å². The molecule has 8 heteroatoms. The smallest absolute Gasteiger partial charge is 0.310 e. The van der Waals surface area contributed by atoms with Crippen LogP contribution in [0.4, 0.5) is 0 Å². The molecule has 2 fully saturated rings. The van der Waals surface area contributed by atoms with Crippen molar-refractivity contribution in [2.75, 3.05) is 47.0 Å². The van der Waals surface area contributed by atoms with Crippen molar-refractivity contribution < 1.29 is 28.6 Å². The average Bonchev–Trinajstić information content (AvgIpc) is 2.96. The van der Waals surface area contributed by atoms with Crippen molar-refractivity contribution in [3.05, 3.63) is 59.7 Å². The summed E-state index contributed by atoms with van der Waals surface area (Å²) in [6, 6.07) is 15.1. The highest BCUT2D eigenvalue weighted by atomic mass is 16.5. The number of benzene rings is 2. The summed E-state index contributed by atoms with van der Waals surface area (Å²) in [4.78, 5) is 43.3. The van der Waals surface area contributed by atoms with E-state index in [2.05, 4.69) is 0 Å². The van der Waals surface area contributed by atoms with E-state index < -0.39 is 0 Å². The molecular formula is C29H36N2O6. The summed E-state index contributed by atoms with van der Waals surface area (Å²) < 4.78 is 15.9. The Hall–Kier alpha value is -3.55. The summed E-state index contributed by atoms with van der Waals surface area (Å²) in [6.07, 6.45) is 2.14. The molecule has 0 spiro atoms. The second-order valence-corrected chi connectivity index (χ2v) is 9.70. The Morgan fingerprint density at radius 3 is 2.32 bits per heavy atom. The Labute approximate surface area is 218 Å². The molecule has 2 aliphatic heterocycles. The first-order valence-electron chi connectivity index (χ1n) is 13.0. The number of ether oxygens (including phenoxy) is 3. The van der Waals surface area contributed by atoms with Gasteiger partial charge in [0, 0.05) is 37.7 Å². The van der Waals surface area contributed by atoms with Crippen LogP contribution in [0.5, 0.6) is 11.5 Å². The zero-order chi connectivity index (χ0) is 26.4. The van der Waals surface area contributed by atoms with Crippen LogP contribution in [-0.4, -0.2) is 74.6 Å². The van der Waals surface area contributed by atoms with Gasteiger partial charge >= 0.3 is 5.97 Å². The van der Waals surface area contributed by atoms with E-state index in [9.17, 15) is 14.4 Å². The molecule has 4 rings (SSSR count). The third-order valence-electron chi connectivity index (χ3n) is 7.34. The fourth-order valence-electron chi connectivity index (χ4n) is 5.45. The van der Waals surface area contributed by atoms with E-state index in [4.69, 9.17) is 14.2 Å². The molecule has 0 unspecified atom stereocenters. The second kappa shape index (κ2) is 12.1. The highest BCUT2D eigenvalue weighted by Gasteiger charge is 2.39. The molecule has 0 radical (unpaired) electrons. The molecule has 2 heterocycles. The minimum Gasteiger partial charge on any atom is -0.493 e. The molecule has 0 bridgehead atoms. The molecule has 8 nitrogen and oxygen atoms in total. The van der Waals surface area contributed by atoms with Crippen LogP contribution >= 0.6 is 0 Å². The van der Waals surface area contributed by atoms with Crippen molar-refractivity contribution in [2.24, 2.45) is 11.8 Å². The van der Waals surface area contributed by atoms with E-state index in [0.717, 1.165) is 18.4 Å². The van der Waals surface area contributed by atoms with Gasteiger partial charge in [0.15, 0.2) is 11.5 Å². The van der Waals surface area contributed by atoms with Gasteiger partial charge in [-0.1, -0.05) is 30.3 Å². The molecule has 0 saturated carbocycles. The lowest BCUT2D eigenvalue weighted by Gasteiger charge is -2.41. The van der Waals surface area contributed by atoms with E-state index in [1.807, 2.05) is 30.3 Å². The van der Waals surface area contributed by atoms with Crippen LogP contribution in [0.25, 0.3) is 0 Å². The number of carbonyl (C=O) groups is 3. The van der Waals surface area contributed by atoms with Crippen molar-refractivity contribution in [3.63, 3.8) is 0 Å². The third-order valence-corrected chi connectivity index (χ3v) is 7.34. The zero-order valence-electron chi connectivity index (χ0n) is 21.9. The van der Waals surface area contributed by atoms with Crippen LogP contribution in [0.3, 0.4) is 0 Å². The minimum atomic E-state index is -0.357. The van der Waals surface area contributed by atoms with Crippen LogP contribution in [0.15, 0.2) is 48.5 Å². The SMILES string of the molecule is CCOC(=O)[C@@H]1CCCN(C(=O)[C@@H]2C[C@H](c3ccccc3)CN(C(=O)c3ccc(OC)c(OC)c3)C2)C1. The molecule has 2 aliphatic rings. The number of rotatable bonds is 7. The molecule has 3 atom stereocenters. The van der Waals surface area contributed by atoms with Crippen molar-refractivity contribution in [1.82, 2.24) is 9.80 Å². The van der Waals surface area contributed by atoms with E-state index in [-0.39, 0.29) is 35.5 Å². The fourth-order valence-corrected chi connectivity index (χ4v) is 5.45. The van der Waals surface area contributed by atoms with Gasteiger partial charge in [-0.05, 0) is 49.9 Å². The maximum Gasteiger partial charge on any atom is 0.310 e. The Kier molecular flexibility index (Phi) is 8.69. The largest absolute Gasteiger partial charge is 0.493 e. The first kappa shape index (κ1) is 26.5. The number of methoxy groups -OCH3 is 2. The summed E-state index contributed by atoms with van der Waals surface area (Å²) in [5.41, 5.74) is 1.59. The summed E-state index contributed by atoms with van der Waals surface area (Å²) >= 11 is 0. The fraction of sp³-hybridized carbons (Fsp3) is 0.483. The topological polar surface area (TPSA) is 85.4 Å². The number of amides is 2. The molecule has 2 amide bonds. The Bertz CT molecular complexity index is 1100. The lowest BCUT2D eigenvalue weighted by Crippen LogP contribution is -2.51. The summed E-state index contributed by atoms with van der Waals surface area (Å²) in [5, 5.41) is 0. The Morgan fingerprint density at radius 2 is 1.62 bits per heavy atom. The maximum absolute atomic E-state index is 13.7. The van der Waals surface area contributed by atoms with E-state index in [1.165, 1.54) is 7.11 Å². The number of likely N-dealkylation sites (tertiary alicyclic amines) is 2. The van der Waals surface area contributed by atoms with Crippen molar-refractivity contribution in [3.8, 4) is 11.5 Å². The summed E-state index contributed by atoms with van der Waals surface area (Å²) in [7, 11) is 3.09. The molecule has 2 saturated heterocycles. The highest BCUT2D eigenvalue weighted by molar-refractivity contribution is 5.95. The summed E-state index contributed by atoms with van der Waals surface area (Å²) in [5.74, 6) is 0.0154. The number of carbonyl (C=O) groups excluding carboxylic acids is 3. The number of hydrogen-bond acceptors (Lipinski definition) is 6. The zero-order valence-corrected chi connectivity index (χ0v) is 21.9.